The lowest BCUT2D eigenvalue weighted by Crippen LogP contribution is -2.00. The van der Waals surface area contributed by atoms with Crippen LogP contribution in [-0.4, -0.2) is 14.5 Å². The van der Waals surface area contributed by atoms with Gasteiger partial charge in [-0.15, -0.1) is 11.6 Å². The molecular formula is C13H9BrClN3. The number of benzene rings is 1. The van der Waals surface area contributed by atoms with E-state index >= 15 is 0 Å². The number of fused-ring (bicyclic) bond motifs is 1. The molecule has 3 aromatic rings. The van der Waals surface area contributed by atoms with Crippen molar-refractivity contribution < 1.29 is 0 Å². The zero-order valence-corrected chi connectivity index (χ0v) is 11.7. The van der Waals surface area contributed by atoms with Gasteiger partial charge in [0.05, 0.1) is 16.9 Å². The zero-order valence-electron chi connectivity index (χ0n) is 9.35. The predicted molar refractivity (Wildman–Crippen MR) is 76.1 cm³/mol. The van der Waals surface area contributed by atoms with E-state index in [0.717, 1.165) is 26.9 Å². The van der Waals surface area contributed by atoms with Gasteiger partial charge in [0.25, 0.3) is 0 Å². The second-order valence-corrected chi connectivity index (χ2v) is 5.06. The van der Waals surface area contributed by atoms with Gasteiger partial charge in [0, 0.05) is 16.2 Å². The van der Waals surface area contributed by atoms with Crippen LogP contribution in [0.3, 0.4) is 0 Å². The Labute approximate surface area is 118 Å². The lowest BCUT2D eigenvalue weighted by Gasteiger charge is -2.08. The monoisotopic (exact) mass is 321 g/mol. The second-order valence-electron chi connectivity index (χ2n) is 3.87. The third-order valence-corrected chi connectivity index (χ3v) is 3.46. The number of rotatable bonds is 2. The van der Waals surface area contributed by atoms with Gasteiger partial charge in [-0.3, -0.25) is 4.57 Å². The number of imidazole rings is 1. The van der Waals surface area contributed by atoms with Crippen molar-refractivity contribution in [1.29, 1.82) is 0 Å². The van der Waals surface area contributed by atoms with Crippen LogP contribution in [0.1, 0.15) is 5.56 Å². The summed E-state index contributed by atoms with van der Waals surface area (Å²) < 4.78 is 2.88. The van der Waals surface area contributed by atoms with Crippen LogP contribution in [0.15, 0.2) is 47.3 Å². The molecule has 0 fully saturated rings. The molecular weight excluding hydrogens is 314 g/mol. The highest BCUT2D eigenvalue weighted by Crippen LogP contribution is 2.22. The fraction of sp³-hybridized carbons (Fsp3) is 0.0769. The minimum absolute atomic E-state index is 0.411. The Bertz CT molecular complexity index is 708. The second kappa shape index (κ2) is 4.71. The summed E-state index contributed by atoms with van der Waals surface area (Å²) in [5.41, 5.74) is 2.94. The molecule has 0 aliphatic rings. The average molecular weight is 323 g/mol. The number of halogens is 2. The van der Waals surface area contributed by atoms with Gasteiger partial charge >= 0.3 is 0 Å². The maximum Gasteiger partial charge on any atom is 0.142 e. The van der Waals surface area contributed by atoms with Gasteiger partial charge in [-0.2, -0.15) is 0 Å². The summed E-state index contributed by atoms with van der Waals surface area (Å²) in [5.74, 6) is 1.23. The van der Waals surface area contributed by atoms with E-state index < -0.39 is 0 Å². The molecule has 0 saturated carbocycles. The Hall–Kier alpha value is -1.39. The minimum Gasteiger partial charge on any atom is -0.283 e. The number of para-hydroxylation sites is 2. The summed E-state index contributed by atoms with van der Waals surface area (Å²) >= 11 is 9.38. The van der Waals surface area contributed by atoms with E-state index in [1.165, 1.54) is 0 Å². The standard InChI is InChI=1S/C13H9BrClN3/c14-10-5-9(6-15)13(16-7-10)18-8-17-11-3-1-2-4-12(11)18/h1-5,7-8H,6H2. The number of hydrogen-bond donors (Lipinski definition) is 0. The SMILES string of the molecule is ClCc1cc(Br)cnc1-n1cnc2ccccc21. The fourth-order valence-electron chi connectivity index (χ4n) is 1.92. The van der Waals surface area contributed by atoms with E-state index in [0.29, 0.717) is 5.88 Å². The number of nitrogens with zero attached hydrogens (tertiary/aromatic N) is 3. The molecule has 0 N–H and O–H groups in total. The molecule has 0 atom stereocenters. The summed E-state index contributed by atoms with van der Waals surface area (Å²) in [5, 5.41) is 0. The van der Waals surface area contributed by atoms with E-state index in [2.05, 4.69) is 25.9 Å². The summed E-state index contributed by atoms with van der Waals surface area (Å²) in [7, 11) is 0. The van der Waals surface area contributed by atoms with E-state index in [1.807, 2.05) is 34.9 Å². The van der Waals surface area contributed by atoms with Crippen molar-refractivity contribution in [3.05, 3.63) is 52.9 Å². The number of hydrogen-bond acceptors (Lipinski definition) is 2. The molecule has 3 rings (SSSR count). The maximum absolute atomic E-state index is 5.98. The van der Waals surface area contributed by atoms with Gasteiger partial charge in [0.2, 0.25) is 0 Å². The molecule has 0 aliphatic carbocycles. The third kappa shape index (κ3) is 1.91. The molecule has 0 radical (unpaired) electrons. The summed E-state index contributed by atoms with van der Waals surface area (Å²) in [6, 6.07) is 9.93. The van der Waals surface area contributed by atoms with E-state index in [1.54, 1.807) is 12.5 Å². The van der Waals surface area contributed by atoms with Crippen LogP contribution in [0.5, 0.6) is 0 Å². The number of alkyl halides is 1. The van der Waals surface area contributed by atoms with Crippen LogP contribution >= 0.6 is 27.5 Å². The van der Waals surface area contributed by atoms with E-state index in [-0.39, 0.29) is 0 Å². The van der Waals surface area contributed by atoms with Gasteiger partial charge < -0.3 is 0 Å². The molecule has 0 unspecified atom stereocenters. The zero-order chi connectivity index (χ0) is 12.5. The molecule has 2 heterocycles. The number of aromatic nitrogens is 3. The van der Waals surface area contributed by atoms with Crippen LogP contribution in [0.4, 0.5) is 0 Å². The predicted octanol–water partition coefficient (Wildman–Crippen LogP) is 3.92. The molecule has 0 bridgehead atoms. The molecule has 2 aromatic heterocycles. The molecule has 3 nitrogen and oxygen atoms in total. The molecule has 0 spiro atoms. The smallest absolute Gasteiger partial charge is 0.142 e. The maximum atomic E-state index is 5.98. The Balaban J connectivity index is 2.26. The van der Waals surface area contributed by atoms with Crippen LogP contribution < -0.4 is 0 Å². The highest BCUT2D eigenvalue weighted by molar-refractivity contribution is 9.10. The van der Waals surface area contributed by atoms with Crippen molar-refractivity contribution in [2.24, 2.45) is 0 Å². The van der Waals surface area contributed by atoms with E-state index in [4.69, 9.17) is 11.6 Å². The fourth-order valence-corrected chi connectivity index (χ4v) is 2.49. The Morgan fingerprint density at radius 1 is 1.22 bits per heavy atom. The lowest BCUT2D eigenvalue weighted by atomic mass is 10.2. The molecule has 18 heavy (non-hydrogen) atoms. The Morgan fingerprint density at radius 2 is 2.06 bits per heavy atom. The van der Waals surface area contributed by atoms with Gasteiger partial charge in [0.1, 0.15) is 12.1 Å². The van der Waals surface area contributed by atoms with Gasteiger partial charge in [-0.1, -0.05) is 12.1 Å². The first-order valence-corrected chi connectivity index (χ1v) is 6.75. The normalized spacial score (nSPS) is 11.0. The summed E-state index contributed by atoms with van der Waals surface area (Å²) in [6.45, 7) is 0. The molecule has 0 amide bonds. The summed E-state index contributed by atoms with van der Waals surface area (Å²) in [4.78, 5) is 8.79. The topological polar surface area (TPSA) is 30.7 Å². The molecule has 90 valence electrons. The van der Waals surface area contributed by atoms with Crippen molar-refractivity contribution in [3.8, 4) is 5.82 Å². The highest BCUT2D eigenvalue weighted by atomic mass is 79.9. The first-order valence-electron chi connectivity index (χ1n) is 5.42. The van der Waals surface area contributed by atoms with Gasteiger partial charge in [-0.05, 0) is 34.1 Å². The minimum atomic E-state index is 0.411. The molecule has 0 aliphatic heterocycles. The van der Waals surface area contributed by atoms with Gasteiger partial charge in [0.15, 0.2) is 0 Å². The van der Waals surface area contributed by atoms with Crippen molar-refractivity contribution in [2.45, 2.75) is 5.88 Å². The highest BCUT2D eigenvalue weighted by Gasteiger charge is 2.09. The van der Waals surface area contributed by atoms with Gasteiger partial charge in [-0.25, -0.2) is 9.97 Å². The lowest BCUT2D eigenvalue weighted by molar-refractivity contribution is 0.993. The van der Waals surface area contributed by atoms with Crippen LogP contribution in [0.2, 0.25) is 0 Å². The third-order valence-electron chi connectivity index (χ3n) is 2.74. The molecule has 1 aromatic carbocycles. The number of pyridine rings is 1. The van der Waals surface area contributed by atoms with Crippen LogP contribution in [-0.2, 0) is 5.88 Å². The van der Waals surface area contributed by atoms with Crippen LogP contribution in [0, 0.1) is 0 Å². The quantitative estimate of drug-likeness (QED) is 0.669. The summed E-state index contributed by atoms with van der Waals surface area (Å²) in [6.07, 6.45) is 3.54. The van der Waals surface area contributed by atoms with Crippen molar-refractivity contribution in [2.75, 3.05) is 0 Å². The Kier molecular flexibility index (Phi) is 3.06. The average Bonchev–Trinajstić information content (AvgIpc) is 2.82. The van der Waals surface area contributed by atoms with Crippen LogP contribution in [0.25, 0.3) is 16.9 Å². The Morgan fingerprint density at radius 3 is 2.89 bits per heavy atom. The van der Waals surface area contributed by atoms with Crippen molar-refractivity contribution in [3.63, 3.8) is 0 Å². The first-order chi connectivity index (χ1) is 8.79. The van der Waals surface area contributed by atoms with Crippen molar-refractivity contribution >= 4 is 38.6 Å². The first kappa shape index (κ1) is 11.7. The van der Waals surface area contributed by atoms with Crippen molar-refractivity contribution in [1.82, 2.24) is 14.5 Å². The molecule has 0 saturated heterocycles. The van der Waals surface area contributed by atoms with E-state index in [9.17, 15) is 0 Å². The molecule has 5 heteroatoms. The largest absolute Gasteiger partial charge is 0.283 e.